The Balaban J connectivity index is 1.90. The number of hydrogen-bond donors (Lipinski definition) is 2. The van der Waals surface area contributed by atoms with Crippen molar-refractivity contribution in [1.82, 2.24) is 4.90 Å². The van der Waals surface area contributed by atoms with Gasteiger partial charge in [0.15, 0.2) is 11.5 Å². The predicted octanol–water partition coefficient (Wildman–Crippen LogP) is 3.80. The molecule has 0 saturated heterocycles. The van der Waals surface area contributed by atoms with Gasteiger partial charge in [-0.15, -0.1) is 0 Å². The fraction of sp³-hybridized carbons (Fsp3) is 0.360. The van der Waals surface area contributed by atoms with Crippen LogP contribution in [0.2, 0.25) is 0 Å². The molecule has 33 heavy (non-hydrogen) atoms. The van der Waals surface area contributed by atoms with Crippen molar-refractivity contribution in [2.24, 2.45) is 0 Å². The van der Waals surface area contributed by atoms with Gasteiger partial charge in [-0.1, -0.05) is 6.92 Å². The summed E-state index contributed by atoms with van der Waals surface area (Å²) in [5.41, 5.74) is 4.50. The molecular weight excluding hydrogens is 420 g/mol. The van der Waals surface area contributed by atoms with Crippen LogP contribution in [0.1, 0.15) is 25.8 Å². The summed E-state index contributed by atoms with van der Waals surface area (Å²) in [5.74, 6) is 0.945. The van der Waals surface area contributed by atoms with Crippen LogP contribution >= 0.6 is 0 Å². The smallest absolute Gasteiger partial charge is 0.258 e. The predicted molar refractivity (Wildman–Crippen MR) is 132 cm³/mol. The number of fused-ring (bicyclic) bond motifs is 1. The Morgan fingerprint density at radius 2 is 1.67 bits per heavy atom. The topological polar surface area (TPSA) is 83.1 Å². The average Bonchev–Trinajstić information content (AvgIpc) is 3.11. The van der Waals surface area contributed by atoms with Crippen LogP contribution in [0.5, 0.6) is 11.5 Å². The van der Waals surface area contributed by atoms with E-state index in [1.54, 1.807) is 32.1 Å². The van der Waals surface area contributed by atoms with E-state index < -0.39 is 0 Å². The maximum Gasteiger partial charge on any atom is 0.258 e. The number of ether oxygens (including phenoxy) is 2. The van der Waals surface area contributed by atoms with Crippen LogP contribution in [0.4, 0.5) is 17.1 Å². The molecule has 8 heteroatoms. The maximum atomic E-state index is 12.8. The van der Waals surface area contributed by atoms with E-state index in [0.717, 1.165) is 29.2 Å². The number of hydrogen-bond acceptors (Lipinski definition) is 6. The Hall–Kier alpha value is -3.52. The van der Waals surface area contributed by atoms with Crippen molar-refractivity contribution >= 4 is 34.4 Å². The number of carbonyl (C=O) groups is 2. The molecule has 2 N–H and O–H groups in total. The number of amides is 2. The van der Waals surface area contributed by atoms with Gasteiger partial charge in [0.2, 0.25) is 5.91 Å². The van der Waals surface area contributed by atoms with Crippen molar-refractivity contribution in [1.29, 1.82) is 0 Å². The van der Waals surface area contributed by atoms with Gasteiger partial charge in [0.05, 0.1) is 25.5 Å². The van der Waals surface area contributed by atoms with Crippen LogP contribution in [0.25, 0.3) is 5.57 Å². The molecule has 0 aromatic heterocycles. The molecule has 0 spiro atoms. The average molecular weight is 453 g/mol. The second-order valence-electron chi connectivity index (χ2n) is 8.06. The van der Waals surface area contributed by atoms with Gasteiger partial charge in [-0.3, -0.25) is 9.59 Å². The van der Waals surface area contributed by atoms with E-state index >= 15 is 0 Å². The lowest BCUT2D eigenvalue weighted by Crippen LogP contribution is -2.35. The van der Waals surface area contributed by atoms with Crippen LogP contribution in [-0.4, -0.2) is 58.1 Å². The van der Waals surface area contributed by atoms with Crippen molar-refractivity contribution in [3.63, 3.8) is 0 Å². The first-order chi connectivity index (χ1) is 15.8. The molecule has 0 radical (unpaired) electrons. The van der Waals surface area contributed by atoms with E-state index in [4.69, 9.17) is 9.47 Å². The molecule has 1 aliphatic heterocycles. The third-order valence-electron chi connectivity index (χ3n) is 5.55. The Bertz CT molecular complexity index is 1060. The highest BCUT2D eigenvalue weighted by Gasteiger charge is 2.29. The molecule has 3 rings (SSSR count). The zero-order chi connectivity index (χ0) is 24.1. The van der Waals surface area contributed by atoms with Gasteiger partial charge in [-0.2, -0.15) is 0 Å². The molecule has 2 amide bonds. The van der Waals surface area contributed by atoms with E-state index in [9.17, 15) is 9.59 Å². The molecule has 176 valence electrons. The number of likely N-dealkylation sites (N-methyl/N-ethyl adjacent to an activating group) is 1. The molecule has 0 saturated carbocycles. The number of nitrogens with zero attached hydrogens (tertiary/aromatic N) is 2. The van der Waals surface area contributed by atoms with Crippen LogP contribution < -0.4 is 25.0 Å². The fourth-order valence-electron chi connectivity index (χ4n) is 3.79. The first-order valence-electron chi connectivity index (χ1n) is 10.9. The van der Waals surface area contributed by atoms with Crippen LogP contribution in [0.15, 0.2) is 42.1 Å². The first-order valence-corrected chi connectivity index (χ1v) is 10.9. The van der Waals surface area contributed by atoms with Gasteiger partial charge < -0.3 is 29.9 Å². The highest BCUT2D eigenvalue weighted by molar-refractivity contribution is 6.32. The van der Waals surface area contributed by atoms with Gasteiger partial charge in [0.1, 0.15) is 0 Å². The van der Waals surface area contributed by atoms with E-state index in [-0.39, 0.29) is 11.8 Å². The zero-order valence-electron chi connectivity index (χ0n) is 20.1. The van der Waals surface area contributed by atoms with Crippen molar-refractivity contribution in [2.45, 2.75) is 20.3 Å². The number of anilines is 3. The van der Waals surface area contributed by atoms with E-state index in [1.165, 1.54) is 0 Å². The lowest BCUT2D eigenvalue weighted by Gasteiger charge is -2.23. The molecule has 1 aliphatic rings. The van der Waals surface area contributed by atoms with Gasteiger partial charge in [-0.05, 0) is 50.8 Å². The maximum absolute atomic E-state index is 12.8. The zero-order valence-corrected chi connectivity index (χ0v) is 20.1. The standard InChI is InChI=1S/C25H32N4O4/c1-7-20(24-19-14-22(32-5)23(33-6)15-21(19)27-25(24)31)26-17-8-10-18(11-9-17)29(16(2)30)13-12-28(3)4/h8-11,14-15,26H,7,12-13H2,1-6H3,(H,27,31)/b24-20-. The normalized spacial score (nSPS) is 14.0. The summed E-state index contributed by atoms with van der Waals surface area (Å²) in [4.78, 5) is 28.7. The monoisotopic (exact) mass is 452 g/mol. The second kappa shape index (κ2) is 10.4. The fourth-order valence-corrected chi connectivity index (χ4v) is 3.79. The van der Waals surface area contributed by atoms with Crippen molar-refractivity contribution in [3.05, 3.63) is 47.7 Å². The lowest BCUT2D eigenvalue weighted by molar-refractivity contribution is -0.116. The van der Waals surface area contributed by atoms with E-state index in [0.29, 0.717) is 35.7 Å². The number of methoxy groups -OCH3 is 2. The summed E-state index contributed by atoms with van der Waals surface area (Å²) in [6.07, 6.45) is 0.626. The summed E-state index contributed by atoms with van der Waals surface area (Å²) in [6.45, 7) is 4.95. The lowest BCUT2D eigenvalue weighted by atomic mass is 10.0. The summed E-state index contributed by atoms with van der Waals surface area (Å²) in [7, 11) is 7.09. The number of nitrogens with one attached hydrogen (secondary N) is 2. The van der Waals surface area contributed by atoms with Crippen LogP contribution in [0.3, 0.4) is 0 Å². The molecule has 0 aliphatic carbocycles. The third-order valence-corrected chi connectivity index (χ3v) is 5.55. The highest BCUT2D eigenvalue weighted by Crippen LogP contribution is 2.42. The number of benzene rings is 2. The Morgan fingerprint density at radius 3 is 2.21 bits per heavy atom. The molecule has 1 heterocycles. The number of carbonyl (C=O) groups excluding carboxylic acids is 2. The Morgan fingerprint density at radius 1 is 1.03 bits per heavy atom. The summed E-state index contributed by atoms with van der Waals surface area (Å²) in [6, 6.07) is 11.2. The van der Waals surface area contributed by atoms with Gasteiger partial charge in [0, 0.05) is 48.7 Å². The van der Waals surface area contributed by atoms with Gasteiger partial charge in [0.25, 0.3) is 5.91 Å². The minimum absolute atomic E-state index is 0.00228. The van der Waals surface area contributed by atoms with Gasteiger partial charge >= 0.3 is 0 Å². The summed E-state index contributed by atoms with van der Waals surface area (Å²) in [5, 5.41) is 6.30. The molecular formula is C25H32N4O4. The minimum atomic E-state index is -0.173. The second-order valence-corrected chi connectivity index (χ2v) is 8.06. The van der Waals surface area contributed by atoms with Crippen LogP contribution in [0, 0.1) is 0 Å². The summed E-state index contributed by atoms with van der Waals surface area (Å²) < 4.78 is 10.8. The molecule has 2 aromatic rings. The quantitative estimate of drug-likeness (QED) is 0.563. The Kier molecular flexibility index (Phi) is 7.60. The van der Waals surface area contributed by atoms with Crippen molar-refractivity contribution in [2.75, 3.05) is 56.9 Å². The molecule has 0 atom stereocenters. The highest BCUT2D eigenvalue weighted by atomic mass is 16.5. The molecule has 0 fully saturated rings. The third kappa shape index (κ3) is 5.28. The minimum Gasteiger partial charge on any atom is -0.493 e. The molecule has 0 bridgehead atoms. The SMILES string of the molecule is CC/C(Nc1ccc(N(CCN(C)C)C(C)=O)cc1)=C1/C(=O)Nc2cc(OC)c(OC)cc21. The number of allylic oxidation sites excluding steroid dienone is 1. The first kappa shape index (κ1) is 24.1. The molecule has 0 unspecified atom stereocenters. The Labute approximate surface area is 195 Å². The molecule has 2 aromatic carbocycles. The van der Waals surface area contributed by atoms with Gasteiger partial charge in [-0.25, -0.2) is 0 Å². The van der Waals surface area contributed by atoms with E-state index in [1.807, 2.05) is 56.3 Å². The number of rotatable bonds is 9. The molecule has 8 nitrogen and oxygen atoms in total. The summed E-state index contributed by atoms with van der Waals surface area (Å²) >= 11 is 0. The van der Waals surface area contributed by atoms with Crippen molar-refractivity contribution in [3.8, 4) is 11.5 Å². The largest absolute Gasteiger partial charge is 0.493 e. The van der Waals surface area contributed by atoms with Crippen LogP contribution in [-0.2, 0) is 9.59 Å². The van der Waals surface area contributed by atoms with Crippen molar-refractivity contribution < 1.29 is 19.1 Å². The van der Waals surface area contributed by atoms with E-state index in [2.05, 4.69) is 10.6 Å².